The fourth-order valence-corrected chi connectivity index (χ4v) is 1.01. The largest absolute Gasteiger partial charge is 0.493 e. The van der Waals surface area contributed by atoms with Crippen molar-refractivity contribution in [2.45, 2.75) is 0 Å². The molecule has 1 N–H and O–H groups in total. The van der Waals surface area contributed by atoms with Crippen molar-refractivity contribution in [3.63, 3.8) is 0 Å². The van der Waals surface area contributed by atoms with Crippen LogP contribution < -0.4 is 4.74 Å². The molecule has 0 aromatic heterocycles. The van der Waals surface area contributed by atoms with Gasteiger partial charge in [-0.1, -0.05) is 17.2 Å². The van der Waals surface area contributed by atoms with Gasteiger partial charge in [-0.2, -0.15) is 0 Å². The molecule has 6 nitrogen and oxygen atoms in total. The zero-order valence-electron chi connectivity index (χ0n) is 7.83. The second-order valence-corrected chi connectivity index (χ2v) is 2.60. The number of carbonyl (C=O) groups is 1. The topological polar surface area (TPSA) is 95.3 Å². The Morgan fingerprint density at radius 1 is 1.53 bits per heavy atom. The molecule has 0 fully saturated rings. The first-order valence-corrected chi connectivity index (χ1v) is 4.21. The van der Waals surface area contributed by atoms with Crippen LogP contribution in [0.3, 0.4) is 0 Å². The molecule has 0 saturated carbocycles. The third-order valence-electron chi connectivity index (χ3n) is 1.63. The Morgan fingerprint density at radius 3 is 2.93 bits per heavy atom. The maximum Gasteiger partial charge on any atom is 0.339 e. The molecule has 0 saturated heterocycles. The van der Waals surface area contributed by atoms with Crippen molar-refractivity contribution < 1.29 is 14.6 Å². The molecule has 0 aliphatic heterocycles. The van der Waals surface area contributed by atoms with Crippen molar-refractivity contribution >= 4 is 5.97 Å². The van der Waals surface area contributed by atoms with Gasteiger partial charge < -0.3 is 9.84 Å². The number of azide groups is 1. The van der Waals surface area contributed by atoms with Crippen molar-refractivity contribution in [3.8, 4) is 5.75 Å². The maximum atomic E-state index is 10.7. The van der Waals surface area contributed by atoms with Crippen LogP contribution in [0.1, 0.15) is 10.4 Å². The van der Waals surface area contributed by atoms with Crippen LogP contribution in [0.25, 0.3) is 10.4 Å². The minimum absolute atomic E-state index is 0.0958. The maximum absolute atomic E-state index is 10.7. The lowest BCUT2D eigenvalue weighted by atomic mass is 10.2. The van der Waals surface area contributed by atoms with Gasteiger partial charge in [0.25, 0.3) is 0 Å². The van der Waals surface area contributed by atoms with Gasteiger partial charge in [-0.3, -0.25) is 0 Å². The molecule has 0 bridgehead atoms. The number of carboxylic acids is 1. The fourth-order valence-electron chi connectivity index (χ4n) is 1.01. The molecule has 0 amide bonds. The molecular weight excluding hydrogens is 198 g/mol. The van der Waals surface area contributed by atoms with Gasteiger partial charge in [-0.25, -0.2) is 4.79 Å². The van der Waals surface area contributed by atoms with Gasteiger partial charge in [-0.15, -0.1) is 0 Å². The van der Waals surface area contributed by atoms with E-state index in [-0.39, 0.29) is 24.5 Å². The zero-order valence-corrected chi connectivity index (χ0v) is 7.83. The first-order valence-electron chi connectivity index (χ1n) is 4.21. The lowest BCUT2D eigenvalue weighted by Crippen LogP contribution is -2.05. The van der Waals surface area contributed by atoms with Crippen LogP contribution in [-0.4, -0.2) is 24.2 Å². The molecule has 0 atom stereocenters. The van der Waals surface area contributed by atoms with Crippen molar-refractivity contribution in [1.82, 2.24) is 0 Å². The van der Waals surface area contributed by atoms with Crippen LogP contribution in [-0.2, 0) is 0 Å². The van der Waals surface area contributed by atoms with E-state index in [2.05, 4.69) is 10.0 Å². The van der Waals surface area contributed by atoms with E-state index in [4.69, 9.17) is 15.4 Å². The van der Waals surface area contributed by atoms with Gasteiger partial charge >= 0.3 is 5.97 Å². The highest BCUT2D eigenvalue weighted by Gasteiger charge is 2.09. The molecule has 1 rings (SSSR count). The zero-order chi connectivity index (χ0) is 11.1. The fraction of sp³-hybridized carbons (Fsp3) is 0.222. The SMILES string of the molecule is [N-]=[N+]=NCCOc1ccccc1C(=O)O. The summed E-state index contributed by atoms with van der Waals surface area (Å²) in [5.41, 5.74) is 8.11. The molecule has 0 radical (unpaired) electrons. The summed E-state index contributed by atoms with van der Waals surface area (Å²) in [6.07, 6.45) is 0. The standard InChI is InChI=1S/C9H9N3O3/c10-12-11-5-6-15-8-4-2-1-3-7(8)9(13)14/h1-4H,5-6H2,(H,13,14). The van der Waals surface area contributed by atoms with E-state index in [0.29, 0.717) is 0 Å². The first kappa shape index (κ1) is 10.9. The monoisotopic (exact) mass is 207 g/mol. The Balaban J connectivity index is 2.67. The molecule has 1 aromatic rings. The van der Waals surface area contributed by atoms with E-state index >= 15 is 0 Å². The van der Waals surface area contributed by atoms with Crippen LogP contribution >= 0.6 is 0 Å². The predicted octanol–water partition coefficient (Wildman–Crippen LogP) is 2.07. The van der Waals surface area contributed by atoms with E-state index in [1.807, 2.05) is 0 Å². The highest BCUT2D eigenvalue weighted by Crippen LogP contribution is 2.17. The van der Waals surface area contributed by atoms with Gasteiger partial charge in [0.15, 0.2) is 0 Å². The lowest BCUT2D eigenvalue weighted by molar-refractivity contribution is 0.0692. The van der Waals surface area contributed by atoms with E-state index in [1.54, 1.807) is 18.2 Å². The van der Waals surface area contributed by atoms with Crippen LogP contribution in [0.5, 0.6) is 5.75 Å². The summed E-state index contributed by atoms with van der Waals surface area (Å²) in [6, 6.07) is 6.30. The number of para-hydroxylation sites is 1. The first-order chi connectivity index (χ1) is 7.25. The molecule has 0 spiro atoms. The molecule has 0 heterocycles. The van der Waals surface area contributed by atoms with Crippen molar-refractivity contribution in [1.29, 1.82) is 0 Å². The Labute approximate surface area is 85.7 Å². The summed E-state index contributed by atoms with van der Waals surface area (Å²) in [4.78, 5) is 13.3. The number of carboxylic acid groups (broad SMARTS) is 1. The average molecular weight is 207 g/mol. The number of aromatic carboxylic acids is 1. The quantitative estimate of drug-likeness (QED) is 0.346. The van der Waals surface area contributed by atoms with Crippen molar-refractivity contribution in [2.24, 2.45) is 5.11 Å². The van der Waals surface area contributed by atoms with Gasteiger partial charge in [0.1, 0.15) is 11.3 Å². The summed E-state index contributed by atoms with van der Waals surface area (Å²) < 4.78 is 5.15. The normalized spacial score (nSPS) is 9.07. The van der Waals surface area contributed by atoms with Crippen LogP contribution in [0.2, 0.25) is 0 Å². The summed E-state index contributed by atoms with van der Waals surface area (Å²) in [6.45, 7) is 0.332. The lowest BCUT2D eigenvalue weighted by Gasteiger charge is -2.06. The number of benzene rings is 1. The predicted molar refractivity (Wildman–Crippen MR) is 52.9 cm³/mol. The van der Waals surface area contributed by atoms with E-state index in [0.717, 1.165) is 0 Å². The third kappa shape index (κ3) is 3.21. The average Bonchev–Trinajstić information content (AvgIpc) is 2.25. The molecule has 6 heteroatoms. The second kappa shape index (κ2) is 5.51. The van der Waals surface area contributed by atoms with Gasteiger partial charge in [0.05, 0.1) is 13.2 Å². The van der Waals surface area contributed by atoms with Crippen LogP contribution in [0, 0.1) is 0 Å². The van der Waals surface area contributed by atoms with E-state index in [1.165, 1.54) is 6.07 Å². The highest BCUT2D eigenvalue weighted by molar-refractivity contribution is 5.90. The molecule has 0 aliphatic rings. The number of rotatable bonds is 5. The van der Waals surface area contributed by atoms with Crippen molar-refractivity contribution in [2.75, 3.05) is 13.2 Å². The number of ether oxygens (including phenoxy) is 1. The Bertz CT molecular complexity index is 399. The van der Waals surface area contributed by atoms with Gasteiger partial charge in [-0.05, 0) is 17.7 Å². The van der Waals surface area contributed by atoms with E-state index < -0.39 is 5.97 Å². The minimum atomic E-state index is -1.05. The number of nitrogens with zero attached hydrogens (tertiary/aromatic N) is 3. The third-order valence-corrected chi connectivity index (χ3v) is 1.63. The highest BCUT2D eigenvalue weighted by atomic mass is 16.5. The summed E-state index contributed by atoms with van der Waals surface area (Å²) in [5, 5.41) is 12.1. The minimum Gasteiger partial charge on any atom is -0.493 e. The Hall–Kier alpha value is -2.20. The van der Waals surface area contributed by atoms with Crippen LogP contribution in [0.4, 0.5) is 0 Å². The summed E-state index contributed by atoms with van der Waals surface area (Å²) in [7, 11) is 0. The number of hydrogen-bond acceptors (Lipinski definition) is 3. The van der Waals surface area contributed by atoms with Crippen LogP contribution in [0.15, 0.2) is 29.4 Å². The summed E-state index contributed by atoms with van der Waals surface area (Å²) in [5.74, 6) is -0.771. The van der Waals surface area contributed by atoms with Gasteiger partial charge in [0, 0.05) is 4.91 Å². The molecular formula is C9H9N3O3. The second-order valence-electron chi connectivity index (χ2n) is 2.60. The molecule has 15 heavy (non-hydrogen) atoms. The smallest absolute Gasteiger partial charge is 0.339 e. The van der Waals surface area contributed by atoms with Gasteiger partial charge in [0.2, 0.25) is 0 Å². The molecule has 78 valence electrons. The molecule has 0 unspecified atom stereocenters. The molecule has 0 aliphatic carbocycles. The number of hydrogen-bond donors (Lipinski definition) is 1. The summed E-state index contributed by atoms with van der Waals surface area (Å²) >= 11 is 0. The van der Waals surface area contributed by atoms with E-state index in [9.17, 15) is 4.79 Å². The Morgan fingerprint density at radius 2 is 2.27 bits per heavy atom. The Kier molecular flexibility index (Phi) is 4.00. The molecule has 1 aromatic carbocycles. The van der Waals surface area contributed by atoms with Crippen molar-refractivity contribution in [3.05, 3.63) is 40.3 Å².